The molecule has 4 rings (SSSR count). The van der Waals surface area contributed by atoms with Gasteiger partial charge < -0.3 is 14.8 Å². The number of thiocarbonyl (C=S) groups is 1. The highest BCUT2D eigenvalue weighted by Gasteiger charge is 2.31. The second kappa shape index (κ2) is 14.5. The Bertz CT molecular complexity index is 1310. The van der Waals surface area contributed by atoms with Crippen molar-refractivity contribution in [2.75, 3.05) is 18.5 Å². The molecule has 3 aromatic rings. The number of unbranched alkanes of at least 4 members (excludes halogenated alkanes) is 2. The first-order chi connectivity index (χ1) is 19.0. The minimum Gasteiger partial charge on any atom is -0.494 e. The van der Waals surface area contributed by atoms with Crippen molar-refractivity contribution >= 4 is 51.9 Å². The van der Waals surface area contributed by atoms with Crippen molar-refractivity contribution in [3.63, 3.8) is 0 Å². The summed E-state index contributed by atoms with van der Waals surface area (Å²) in [5.74, 6) is 1.42. The molecule has 1 aliphatic heterocycles. The Labute approximate surface area is 239 Å². The molecule has 1 N–H and O–H groups in total. The minimum atomic E-state index is -0.0751. The highest BCUT2D eigenvalue weighted by Crippen LogP contribution is 2.33. The number of anilines is 1. The van der Waals surface area contributed by atoms with E-state index in [4.69, 9.17) is 21.7 Å². The summed E-state index contributed by atoms with van der Waals surface area (Å²) in [4.78, 5) is 27.5. The fraction of sp³-hybridized carbons (Fsp3) is 0.258. The Balaban J connectivity index is 1.20. The zero-order valence-electron chi connectivity index (χ0n) is 21.9. The van der Waals surface area contributed by atoms with E-state index in [1.54, 1.807) is 4.90 Å². The van der Waals surface area contributed by atoms with E-state index in [1.165, 1.54) is 11.8 Å². The van der Waals surface area contributed by atoms with E-state index in [0.29, 0.717) is 35.4 Å². The third-order valence-electron chi connectivity index (χ3n) is 6.01. The molecule has 0 radical (unpaired) electrons. The molecule has 0 unspecified atom stereocenters. The van der Waals surface area contributed by atoms with Crippen molar-refractivity contribution in [2.24, 2.45) is 0 Å². The SMILES string of the molecule is CCOc1ccc(NC(=O)CCCCCN2C(=O)/C(=C/c3cccc(OCc4ccccc4)c3)SC2=S)cc1. The average Bonchev–Trinajstić information content (AvgIpc) is 3.21. The van der Waals surface area contributed by atoms with Crippen LogP contribution in [0, 0.1) is 0 Å². The molecule has 8 heteroatoms. The molecule has 0 aromatic heterocycles. The molecular formula is C31H32N2O4S2. The van der Waals surface area contributed by atoms with E-state index < -0.39 is 0 Å². The lowest BCUT2D eigenvalue weighted by atomic mass is 10.1. The second-order valence-corrected chi connectivity index (χ2v) is 10.7. The molecule has 0 aliphatic carbocycles. The first kappa shape index (κ1) is 28.4. The molecule has 2 amide bonds. The molecule has 0 atom stereocenters. The van der Waals surface area contributed by atoms with Gasteiger partial charge >= 0.3 is 0 Å². The third kappa shape index (κ3) is 8.70. The van der Waals surface area contributed by atoms with E-state index in [2.05, 4.69) is 5.32 Å². The number of hydrogen-bond donors (Lipinski definition) is 1. The summed E-state index contributed by atoms with van der Waals surface area (Å²) in [7, 11) is 0. The smallest absolute Gasteiger partial charge is 0.266 e. The number of amides is 2. The Hall–Kier alpha value is -3.62. The molecule has 6 nitrogen and oxygen atoms in total. The number of nitrogens with zero attached hydrogens (tertiary/aromatic N) is 1. The van der Waals surface area contributed by atoms with Gasteiger partial charge in [-0.2, -0.15) is 0 Å². The highest BCUT2D eigenvalue weighted by molar-refractivity contribution is 8.26. The van der Waals surface area contributed by atoms with Crippen LogP contribution < -0.4 is 14.8 Å². The van der Waals surface area contributed by atoms with Crippen LogP contribution in [0.25, 0.3) is 6.08 Å². The summed E-state index contributed by atoms with van der Waals surface area (Å²) in [6, 6.07) is 25.0. The van der Waals surface area contributed by atoms with Crippen LogP contribution in [0.5, 0.6) is 11.5 Å². The molecule has 202 valence electrons. The summed E-state index contributed by atoms with van der Waals surface area (Å²) >= 11 is 6.80. The van der Waals surface area contributed by atoms with E-state index >= 15 is 0 Å². The number of nitrogens with one attached hydrogen (secondary N) is 1. The van der Waals surface area contributed by atoms with Gasteiger partial charge in [0.1, 0.15) is 22.4 Å². The molecule has 0 spiro atoms. The van der Waals surface area contributed by atoms with Crippen LogP contribution >= 0.6 is 24.0 Å². The monoisotopic (exact) mass is 560 g/mol. The Morgan fingerprint density at radius 3 is 2.51 bits per heavy atom. The highest BCUT2D eigenvalue weighted by atomic mass is 32.2. The molecule has 1 fully saturated rings. The van der Waals surface area contributed by atoms with Crippen molar-refractivity contribution < 1.29 is 19.1 Å². The van der Waals surface area contributed by atoms with Gasteiger partial charge in [0.15, 0.2) is 0 Å². The summed E-state index contributed by atoms with van der Waals surface area (Å²) < 4.78 is 11.9. The molecule has 3 aromatic carbocycles. The predicted molar refractivity (Wildman–Crippen MR) is 162 cm³/mol. The number of benzene rings is 3. The maximum absolute atomic E-state index is 13.0. The van der Waals surface area contributed by atoms with Gasteiger partial charge in [-0.15, -0.1) is 0 Å². The number of hydrogen-bond acceptors (Lipinski definition) is 6. The molecule has 1 saturated heterocycles. The molecule has 39 heavy (non-hydrogen) atoms. The summed E-state index contributed by atoms with van der Waals surface area (Å²) in [5, 5.41) is 2.91. The van der Waals surface area contributed by atoms with E-state index in [-0.39, 0.29) is 11.8 Å². The van der Waals surface area contributed by atoms with Crippen molar-refractivity contribution in [3.8, 4) is 11.5 Å². The minimum absolute atomic E-state index is 0.0253. The van der Waals surface area contributed by atoms with Crippen LogP contribution in [-0.4, -0.2) is 34.2 Å². The quantitative estimate of drug-likeness (QED) is 0.137. The third-order valence-corrected chi connectivity index (χ3v) is 7.39. The van der Waals surface area contributed by atoms with E-state index in [1.807, 2.05) is 91.9 Å². The second-order valence-electron chi connectivity index (χ2n) is 9.00. The lowest BCUT2D eigenvalue weighted by molar-refractivity contribution is -0.122. The van der Waals surface area contributed by atoms with Crippen molar-refractivity contribution in [2.45, 2.75) is 39.2 Å². The van der Waals surface area contributed by atoms with Crippen molar-refractivity contribution in [3.05, 3.63) is 94.9 Å². The predicted octanol–water partition coefficient (Wildman–Crippen LogP) is 7.06. The summed E-state index contributed by atoms with van der Waals surface area (Å²) in [5.41, 5.74) is 2.73. The molecule has 0 saturated carbocycles. The molecule has 0 bridgehead atoms. The number of rotatable bonds is 13. The number of carbonyl (C=O) groups excluding carboxylic acids is 2. The van der Waals surface area contributed by atoms with E-state index in [0.717, 1.165) is 47.6 Å². The van der Waals surface area contributed by atoms with Gasteiger partial charge in [-0.25, -0.2) is 0 Å². The fourth-order valence-corrected chi connectivity index (χ4v) is 5.34. The topological polar surface area (TPSA) is 67.9 Å². The van der Waals surface area contributed by atoms with Crippen molar-refractivity contribution in [1.29, 1.82) is 0 Å². The van der Waals surface area contributed by atoms with Crippen LogP contribution in [0.15, 0.2) is 83.8 Å². The average molecular weight is 561 g/mol. The summed E-state index contributed by atoms with van der Waals surface area (Å²) in [6.45, 7) is 3.56. The number of thioether (sulfide) groups is 1. The standard InChI is InChI=1S/C31H32N2O4S2/c1-2-36-26-17-15-25(16-18-26)32-29(34)14-7-4-8-19-33-30(35)28(39-31(33)38)21-24-12-9-13-27(20-24)37-22-23-10-5-3-6-11-23/h3,5-6,9-13,15-18,20-21H,2,4,7-8,14,19,22H2,1H3,(H,32,34)/b28-21-. The van der Waals surface area contributed by atoms with Gasteiger partial charge in [0, 0.05) is 18.7 Å². The van der Waals surface area contributed by atoms with Gasteiger partial charge in [-0.3, -0.25) is 14.5 Å². The first-order valence-corrected chi connectivity index (χ1v) is 14.3. The molecule has 1 heterocycles. The van der Waals surface area contributed by atoms with Crippen LogP contribution in [0.4, 0.5) is 5.69 Å². The lowest BCUT2D eigenvalue weighted by Crippen LogP contribution is -2.29. The van der Waals surface area contributed by atoms with Crippen LogP contribution in [-0.2, 0) is 16.2 Å². The normalized spacial score (nSPS) is 14.1. The van der Waals surface area contributed by atoms with Crippen LogP contribution in [0.3, 0.4) is 0 Å². The largest absolute Gasteiger partial charge is 0.494 e. The van der Waals surface area contributed by atoms with Crippen molar-refractivity contribution in [1.82, 2.24) is 4.90 Å². The van der Waals surface area contributed by atoms with Gasteiger partial charge in [0.05, 0.1) is 11.5 Å². The lowest BCUT2D eigenvalue weighted by Gasteiger charge is -2.14. The van der Waals surface area contributed by atoms with Gasteiger partial charge in [0.25, 0.3) is 5.91 Å². The Morgan fingerprint density at radius 2 is 1.74 bits per heavy atom. The zero-order valence-corrected chi connectivity index (χ0v) is 23.6. The van der Waals surface area contributed by atoms with E-state index in [9.17, 15) is 9.59 Å². The van der Waals surface area contributed by atoms with Crippen LogP contribution in [0.1, 0.15) is 43.7 Å². The van der Waals surface area contributed by atoms with Gasteiger partial charge in [-0.1, -0.05) is 72.9 Å². The Morgan fingerprint density at radius 1 is 0.949 bits per heavy atom. The van der Waals surface area contributed by atoms with Crippen LogP contribution in [0.2, 0.25) is 0 Å². The zero-order chi connectivity index (χ0) is 27.5. The van der Waals surface area contributed by atoms with Gasteiger partial charge in [-0.05, 0) is 73.4 Å². The van der Waals surface area contributed by atoms with Gasteiger partial charge in [0.2, 0.25) is 5.91 Å². The maximum atomic E-state index is 13.0. The molecular weight excluding hydrogens is 528 g/mol. The number of ether oxygens (including phenoxy) is 2. The molecule has 1 aliphatic rings. The maximum Gasteiger partial charge on any atom is 0.266 e. The first-order valence-electron chi connectivity index (χ1n) is 13.1. The number of carbonyl (C=O) groups is 2. The Kier molecular flexibility index (Phi) is 10.6. The fourth-order valence-electron chi connectivity index (χ4n) is 4.04. The summed E-state index contributed by atoms with van der Waals surface area (Å²) in [6.07, 6.45) is 4.63.